The van der Waals surface area contributed by atoms with Crippen molar-refractivity contribution in [3.8, 4) is 23.0 Å². The Morgan fingerprint density at radius 3 is 2.57 bits per heavy atom. The number of nitrogens with zero attached hydrogens (tertiary/aromatic N) is 2. The quantitative estimate of drug-likeness (QED) is 0.224. The van der Waals surface area contributed by atoms with E-state index in [1.165, 1.54) is 24.3 Å². The Morgan fingerprint density at radius 1 is 1.07 bits per heavy atom. The van der Waals surface area contributed by atoms with Gasteiger partial charge in [-0.1, -0.05) is 6.07 Å². The monoisotopic (exact) mass is 594 g/mol. The lowest BCUT2D eigenvalue weighted by Gasteiger charge is -2.26. The average Bonchev–Trinajstić information content (AvgIpc) is 3.42. The summed E-state index contributed by atoms with van der Waals surface area (Å²) in [6, 6.07) is 6.99. The number of carbonyl (C=O) groups excluding carboxylic acids is 2. The summed E-state index contributed by atoms with van der Waals surface area (Å²) in [6.07, 6.45) is 1.32. The zero-order valence-corrected chi connectivity index (χ0v) is 22.5. The van der Waals surface area contributed by atoms with Crippen LogP contribution < -0.4 is 20.5 Å². The second kappa shape index (κ2) is 14.6. The summed E-state index contributed by atoms with van der Waals surface area (Å²) in [6.45, 7) is -1.29. The highest BCUT2D eigenvalue weighted by Gasteiger charge is 2.22. The second-order valence-electron chi connectivity index (χ2n) is 9.25. The second-order valence-corrected chi connectivity index (χ2v) is 9.25. The molecule has 2 aromatic carbocycles. The standard InChI is InChI=1S/C28H30F4N4O6/c29-19-6-4-18(20(30)14-19)16-34-26(38)25-23(15-33)41-27(35-25)17-5-7-21(42-28(31)32)22(13-17)40-10-2-1-3-24(37)36-8-11-39-12-9-36/h4-7,13-14,28H,1-3,8-12,15-16,33H2,(H,34,38). The number of morpholine rings is 1. The van der Waals surface area contributed by atoms with E-state index in [1.54, 1.807) is 4.90 Å². The van der Waals surface area contributed by atoms with Crippen molar-refractivity contribution in [2.45, 2.75) is 39.0 Å². The Kier molecular flexibility index (Phi) is 10.7. The highest BCUT2D eigenvalue weighted by molar-refractivity contribution is 5.93. The zero-order chi connectivity index (χ0) is 30.1. The van der Waals surface area contributed by atoms with Crippen molar-refractivity contribution in [1.29, 1.82) is 0 Å². The van der Waals surface area contributed by atoms with Gasteiger partial charge in [0.25, 0.3) is 5.91 Å². The van der Waals surface area contributed by atoms with Crippen LogP contribution in [0.3, 0.4) is 0 Å². The topological polar surface area (TPSA) is 129 Å². The van der Waals surface area contributed by atoms with Gasteiger partial charge in [-0.25, -0.2) is 13.8 Å². The maximum atomic E-state index is 13.9. The molecule has 0 aliphatic carbocycles. The molecule has 0 saturated carbocycles. The van der Waals surface area contributed by atoms with Crippen molar-refractivity contribution in [3.63, 3.8) is 0 Å². The van der Waals surface area contributed by atoms with Crippen LogP contribution in [0.2, 0.25) is 0 Å². The number of halogens is 4. The lowest BCUT2D eigenvalue weighted by Crippen LogP contribution is -2.40. The Balaban J connectivity index is 1.42. The van der Waals surface area contributed by atoms with E-state index in [9.17, 15) is 27.2 Å². The molecule has 1 aliphatic rings. The summed E-state index contributed by atoms with van der Waals surface area (Å²) < 4.78 is 74.3. The SMILES string of the molecule is NCc1oc(-c2ccc(OC(F)F)c(OCCCCC(=O)N3CCOCC3)c2)nc1C(=O)NCc1ccc(F)cc1F. The van der Waals surface area contributed by atoms with Gasteiger partial charge in [0.05, 0.1) is 26.4 Å². The van der Waals surface area contributed by atoms with E-state index in [4.69, 9.17) is 19.6 Å². The van der Waals surface area contributed by atoms with E-state index in [0.29, 0.717) is 51.6 Å². The van der Waals surface area contributed by atoms with Crippen molar-refractivity contribution >= 4 is 11.8 Å². The van der Waals surface area contributed by atoms with Crippen LogP contribution >= 0.6 is 0 Å². The van der Waals surface area contributed by atoms with E-state index in [-0.39, 0.29) is 65.6 Å². The number of benzene rings is 2. The molecule has 2 amide bonds. The first-order valence-corrected chi connectivity index (χ1v) is 13.2. The molecule has 2 heterocycles. The first-order chi connectivity index (χ1) is 20.2. The minimum absolute atomic E-state index is 0.0161. The van der Waals surface area contributed by atoms with Gasteiger partial charge in [0.1, 0.15) is 11.6 Å². The zero-order valence-electron chi connectivity index (χ0n) is 22.5. The summed E-state index contributed by atoms with van der Waals surface area (Å²) >= 11 is 0. The Hall–Kier alpha value is -4.17. The van der Waals surface area contributed by atoms with Crippen LogP contribution in [0.4, 0.5) is 17.6 Å². The number of aromatic nitrogens is 1. The predicted octanol–water partition coefficient (Wildman–Crippen LogP) is 4.02. The largest absolute Gasteiger partial charge is 0.490 e. The van der Waals surface area contributed by atoms with E-state index in [2.05, 4.69) is 15.0 Å². The number of carbonyl (C=O) groups is 2. The fourth-order valence-corrected chi connectivity index (χ4v) is 4.19. The Bertz CT molecular complexity index is 1380. The molecule has 1 fully saturated rings. The first-order valence-electron chi connectivity index (χ1n) is 13.2. The molecule has 3 N–H and O–H groups in total. The molecule has 1 saturated heterocycles. The molecule has 4 rings (SSSR count). The van der Waals surface area contributed by atoms with E-state index >= 15 is 0 Å². The number of hydrogen-bond acceptors (Lipinski definition) is 8. The fourth-order valence-electron chi connectivity index (χ4n) is 4.19. The third kappa shape index (κ3) is 8.19. The van der Waals surface area contributed by atoms with Gasteiger partial charge in [-0.05, 0) is 37.1 Å². The van der Waals surface area contributed by atoms with Gasteiger partial charge in [-0.2, -0.15) is 8.78 Å². The molecule has 0 atom stereocenters. The van der Waals surface area contributed by atoms with Crippen molar-refractivity contribution < 1.29 is 45.8 Å². The number of rotatable bonds is 13. The molecule has 226 valence electrons. The summed E-state index contributed by atoms with van der Waals surface area (Å²) in [5.74, 6) is -2.51. The molecule has 1 aliphatic heterocycles. The smallest absolute Gasteiger partial charge is 0.387 e. The van der Waals surface area contributed by atoms with Crippen LogP contribution in [0.15, 0.2) is 40.8 Å². The van der Waals surface area contributed by atoms with Crippen LogP contribution in [0, 0.1) is 11.6 Å². The predicted molar refractivity (Wildman–Crippen MR) is 141 cm³/mol. The molecule has 3 aromatic rings. The lowest BCUT2D eigenvalue weighted by molar-refractivity contribution is -0.135. The van der Waals surface area contributed by atoms with E-state index in [0.717, 1.165) is 6.07 Å². The van der Waals surface area contributed by atoms with Gasteiger partial charge < -0.3 is 34.6 Å². The molecule has 0 radical (unpaired) electrons. The number of nitrogens with two attached hydrogens (primary N) is 1. The molecular formula is C28H30F4N4O6. The maximum absolute atomic E-state index is 13.9. The molecule has 0 spiro atoms. The van der Waals surface area contributed by atoms with Crippen LogP contribution in [-0.2, 0) is 22.6 Å². The van der Waals surface area contributed by atoms with Crippen LogP contribution in [0.1, 0.15) is 41.1 Å². The van der Waals surface area contributed by atoms with Gasteiger partial charge in [0.2, 0.25) is 11.8 Å². The molecule has 42 heavy (non-hydrogen) atoms. The molecule has 1 aromatic heterocycles. The van der Waals surface area contributed by atoms with Crippen molar-refractivity contribution in [2.24, 2.45) is 5.73 Å². The van der Waals surface area contributed by atoms with E-state index < -0.39 is 24.2 Å². The number of alkyl halides is 2. The number of unbranched alkanes of at least 4 members (excludes halogenated alkanes) is 1. The number of hydrogen-bond donors (Lipinski definition) is 2. The third-order valence-corrected chi connectivity index (χ3v) is 6.37. The summed E-state index contributed by atoms with van der Waals surface area (Å²) in [5, 5.41) is 2.49. The minimum atomic E-state index is -3.10. The first kappa shape index (κ1) is 30.8. The molecule has 14 heteroatoms. The van der Waals surface area contributed by atoms with Gasteiger partial charge in [0, 0.05) is 43.2 Å². The van der Waals surface area contributed by atoms with Crippen LogP contribution in [0.5, 0.6) is 11.5 Å². The number of nitrogens with one attached hydrogen (secondary N) is 1. The van der Waals surface area contributed by atoms with Gasteiger partial charge >= 0.3 is 6.61 Å². The third-order valence-electron chi connectivity index (χ3n) is 6.37. The minimum Gasteiger partial charge on any atom is -0.490 e. The van der Waals surface area contributed by atoms with Crippen LogP contribution in [0.25, 0.3) is 11.5 Å². The highest BCUT2D eigenvalue weighted by Crippen LogP contribution is 2.34. The Morgan fingerprint density at radius 2 is 1.86 bits per heavy atom. The van der Waals surface area contributed by atoms with E-state index in [1.807, 2.05) is 0 Å². The van der Waals surface area contributed by atoms with Gasteiger partial charge in [0.15, 0.2) is 23.0 Å². The van der Waals surface area contributed by atoms with Gasteiger partial charge in [-0.15, -0.1) is 0 Å². The number of amides is 2. The normalized spacial score (nSPS) is 13.3. The molecule has 10 nitrogen and oxygen atoms in total. The fraction of sp³-hybridized carbons (Fsp3) is 0.393. The molecule has 0 bridgehead atoms. The number of ether oxygens (including phenoxy) is 3. The van der Waals surface area contributed by atoms with Crippen molar-refractivity contribution in [3.05, 3.63) is 65.1 Å². The molecular weight excluding hydrogens is 564 g/mol. The highest BCUT2D eigenvalue weighted by atomic mass is 19.3. The maximum Gasteiger partial charge on any atom is 0.387 e. The van der Waals surface area contributed by atoms with Gasteiger partial charge in [-0.3, -0.25) is 9.59 Å². The molecule has 0 unspecified atom stereocenters. The number of oxazole rings is 1. The van der Waals surface area contributed by atoms with Crippen molar-refractivity contribution in [2.75, 3.05) is 32.9 Å². The summed E-state index contributed by atoms with van der Waals surface area (Å²) in [7, 11) is 0. The van der Waals surface area contributed by atoms with Crippen molar-refractivity contribution in [1.82, 2.24) is 15.2 Å². The lowest BCUT2D eigenvalue weighted by atomic mass is 10.2. The van der Waals surface area contributed by atoms with Crippen LogP contribution in [-0.4, -0.2) is 61.2 Å². The Labute approximate surface area is 238 Å². The summed E-state index contributed by atoms with van der Waals surface area (Å²) in [5.41, 5.74) is 5.91. The average molecular weight is 595 g/mol. The summed E-state index contributed by atoms with van der Waals surface area (Å²) in [4.78, 5) is 31.0.